The third-order valence-corrected chi connectivity index (χ3v) is 3.45. The van der Waals surface area contributed by atoms with E-state index in [-0.39, 0.29) is 5.56 Å². The number of thioether (sulfide) groups is 1. The summed E-state index contributed by atoms with van der Waals surface area (Å²) in [6.45, 7) is 3.36. The van der Waals surface area contributed by atoms with Crippen LogP contribution in [0.5, 0.6) is 0 Å². The molecule has 0 radical (unpaired) electrons. The highest BCUT2D eigenvalue weighted by Crippen LogP contribution is 2.06. The first-order chi connectivity index (χ1) is 9.36. The van der Waals surface area contributed by atoms with E-state index in [1.54, 1.807) is 19.9 Å². The van der Waals surface area contributed by atoms with E-state index in [0.29, 0.717) is 23.4 Å². The molecule has 1 amide bonds. The van der Waals surface area contributed by atoms with Crippen molar-refractivity contribution in [2.24, 2.45) is 0 Å². The predicted molar refractivity (Wildman–Crippen MR) is 78.4 cm³/mol. The summed E-state index contributed by atoms with van der Waals surface area (Å²) < 4.78 is 0. The van der Waals surface area contributed by atoms with Crippen LogP contribution >= 0.6 is 11.8 Å². The number of carboxylic acids is 1. The van der Waals surface area contributed by atoms with Gasteiger partial charge in [0.05, 0.1) is 0 Å². The van der Waals surface area contributed by atoms with Crippen LogP contribution in [-0.2, 0) is 4.79 Å². The fourth-order valence-corrected chi connectivity index (χ4v) is 2.33. The summed E-state index contributed by atoms with van der Waals surface area (Å²) in [6, 6.07) is 0.684. The Labute approximate surface area is 121 Å². The Bertz CT molecular complexity index is 568. The molecule has 0 aliphatic carbocycles. The number of carbonyl (C=O) groups is 2. The molecule has 1 heterocycles. The molecule has 1 aromatic heterocycles. The third kappa shape index (κ3) is 4.12. The largest absolute Gasteiger partial charge is 0.480 e. The SMILES string of the molecule is CSCCC(NC(=O)c1c(C)cc(C)[nH]c1=O)C(=O)O. The zero-order valence-corrected chi connectivity index (χ0v) is 12.5. The molecule has 0 spiro atoms. The maximum atomic E-state index is 12.1. The molecule has 0 fully saturated rings. The first-order valence-electron chi connectivity index (χ1n) is 6.10. The van der Waals surface area contributed by atoms with Crippen molar-refractivity contribution in [2.45, 2.75) is 26.3 Å². The molecule has 0 saturated carbocycles. The molecular weight excluding hydrogens is 280 g/mol. The third-order valence-electron chi connectivity index (χ3n) is 2.81. The second-order valence-corrected chi connectivity index (χ2v) is 5.47. The number of aryl methyl sites for hydroxylation is 2. The van der Waals surface area contributed by atoms with E-state index in [2.05, 4.69) is 10.3 Å². The molecule has 6 nitrogen and oxygen atoms in total. The molecule has 1 unspecified atom stereocenters. The van der Waals surface area contributed by atoms with E-state index >= 15 is 0 Å². The molecule has 1 aromatic rings. The van der Waals surface area contributed by atoms with Crippen molar-refractivity contribution >= 4 is 23.6 Å². The van der Waals surface area contributed by atoms with Gasteiger partial charge >= 0.3 is 5.97 Å². The van der Waals surface area contributed by atoms with Crippen LogP contribution in [0.2, 0.25) is 0 Å². The lowest BCUT2D eigenvalue weighted by Gasteiger charge is -2.14. The number of aromatic amines is 1. The monoisotopic (exact) mass is 298 g/mol. The number of carboxylic acid groups (broad SMARTS) is 1. The minimum Gasteiger partial charge on any atom is -0.480 e. The summed E-state index contributed by atoms with van der Waals surface area (Å²) in [4.78, 5) is 37.5. The molecular formula is C13H18N2O4S. The summed E-state index contributed by atoms with van der Waals surface area (Å²) in [7, 11) is 0. The van der Waals surface area contributed by atoms with Crippen LogP contribution < -0.4 is 10.9 Å². The second kappa shape index (κ2) is 7.14. The van der Waals surface area contributed by atoms with Crippen LogP contribution in [0.1, 0.15) is 28.0 Å². The lowest BCUT2D eigenvalue weighted by atomic mass is 10.1. The number of hydrogen-bond donors (Lipinski definition) is 3. The van der Waals surface area contributed by atoms with Crippen LogP contribution in [0.25, 0.3) is 0 Å². The summed E-state index contributed by atoms with van der Waals surface area (Å²) in [5.74, 6) is -1.15. The number of amides is 1. The van der Waals surface area contributed by atoms with Crippen LogP contribution in [0.15, 0.2) is 10.9 Å². The standard InChI is InChI=1S/C13H18N2O4S/c1-7-6-8(2)14-11(16)10(7)12(17)15-9(13(18)19)4-5-20-3/h6,9H,4-5H2,1-3H3,(H,14,16)(H,15,17)(H,18,19). The first kappa shape index (κ1) is 16.3. The molecule has 0 saturated heterocycles. The molecule has 20 heavy (non-hydrogen) atoms. The van der Waals surface area contributed by atoms with Crippen molar-refractivity contribution in [3.8, 4) is 0 Å². The van der Waals surface area contributed by atoms with Crippen molar-refractivity contribution in [2.75, 3.05) is 12.0 Å². The van der Waals surface area contributed by atoms with Gasteiger partial charge in [0, 0.05) is 5.69 Å². The highest BCUT2D eigenvalue weighted by Gasteiger charge is 2.22. The summed E-state index contributed by atoms with van der Waals surface area (Å²) in [5, 5.41) is 11.5. The van der Waals surface area contributed by atoms with Gasteiger partial charge in [-0.25, -0.2) is 4.79 Å². The van der Waals surface area contributed by atoms with Gasteiger partial charge in [-0.05, 0) is 43.9 Å². The zero-order chi connectivity index (χ0) is 15.3. The fraction of sp³-hybridized carbons (Fsp3) is 0.462. The number of nitrogens with one attached hydrogen (secondary N) is 2. The predicted octanol–water partition coefficient (Wildman–Crippen LogP) is 0.928. The average molecular weight is 298 g/mol. The second-order valence-electron chi connectivity index (χ2n) is 4.49. The Hall–Kier alpha value is -1.76. The van der Waals surface area contributed by atoms with Gasteiger partial charge in [-0.2, -0.15) is 11.8 Å². The van der Waals surface area contributed by atoms with E-state index in [1.807, 2.05) is 6.26 Å². The molecule has 0 bridgehead atoms. The zero-order valence-electron chi connectivity index (χ0n) is 11.6. The van der Waals surface area contributed by atoms with Crippen LogP contribution in [-0.4, -0.2) is 40.0 Å². The lowest BCUT2D eigenvalue weighted by molar-refractivity contribution is -0.139. The fourth-order valence-electron chi connectivity index (χ4n) is 1.86. The average Bonchev–Trinajstić information content (AvgIpc) is 2.32. The van der Waals surface area contributed by atoms with Crippen LogP contribution in [0, 0.1) is 13.8 Å². The van der Waals surface area contributed by atoms with Crippen molar-refractivity contribution < 1.29 is 14.7 Å². The molecule has 3 N–H and O–H groups in total. The molecule has 0 aliphatic heterocycles. The number of hydrogen-bond acceptors (Lipinski definition) is 4. The van der Waals surface area contributed by atoms with Gasteiger partial charge in [0.2, 0.25) is 0 Å². The maximum absolute atomic E-state index is 12.1. The van der Waals surface area contributed by atoms with Gasteiger partial charge in [-0.1, -0.05) is 0 Å². The van der Waals surface area contributed by atoms with E-state index in [4.69, 9.17) is 5.11 Å². The molecule has 110 valence electrons. The Morgan fingerprint density at radius 1 is 1.45 bits per heavy atom. The highest BCUT2D eigenvalue weighted by molar-refractivity contribution is 7.98. The van der Waals surface area contributed by atoms with E-state index in [1.165, 1.54) is 11.8 Å². The van der Waals surface area contributed by atoms with E-state index < -0.39 is 23.5 Å². The number of pyridine rings is 1. The number of aromatic nitrogens is 1. The minimum absolute atomic E-state index is 0.0361. The van der Waals surface area contributed by atoms with Crippen molar-refractivity contribution in [3.05, 3.63) is 33.2 Å². The van der Waals surface area contributed by atoms with Crippen molar-refractivity contribution in [3.63, 3.8) is 0 Å². The van der Waals surface area contributed by atoms with Crippen LogP contribution in [0.4, 0.5) is 0 Å². The summed E-state index contributed by atoms with van der Waals surface area (Å²) >= 11 is 1.50. The smallest absolute Gasteiger partial charge is 0.326 e. The van der Waals surface area contributed by atoms with Gasteiger partial charge in [-0.3, -0.25) is 9.59 Å². The number of rotatable bonds is 6. The van der Waals surface area contributed by atoms with Crippen LogP contribution in [0.3, 0.4) is 0 Å². The van der Waals surface area contributed by atoms with Gasteiger partial charge in [0.15, 0.2) is 0 Å². The van der Waals surface area contributed by atoms with Gasteiger partial charge < -0.3 is 15.4 Å². The van der Waals surface area contributed by atoms with E-state index in [0.717, 1.165) is 0 Å². The quantitative estimate of drug-likeness (QED) is 0.725. The molecule has 1 rings (SSSR count). The van der Waals surface area contributed by atoms with Gasteiger partial charge in [0.25, 0.3) is 11.5 Å². The topological polar surface area (TPSA) is 99.3 Å². The molecule has 1 atom stereocenters. The summed E-state index contributed by atoms with van der Waals surface area (Å²) in [6.07, 6.45) is 2.17. The van der Waals surface area contributed by atoms with E-state index in [9.17, 15) is 14.4 Å². The highest BCUT2D eigenvalue weighted by atomic mass is 32.2. The lowest BCUT2D eigenvalue weighted by Crippen LogP contribution is -2.43. The van der Waals surface area contributed by atoms with Gasteiger partial charge in [0.1, 0.15) is 11.6 Å². The number of carbonyl (C=O) groups excluding carboxylic acids is 1. The molecule has 0 aromatic carbocycles. The first-order valence-corrected chi connectivity index (χ1v) is 7.49. The molecule has 0 aliphatic rings. The normalized spacial score (nSPS) is 11.9. The number of aliphatic carboxylic acids is 1. The van der Waals surface area contributed by atoms with Crippen molar-refractivity contribution in [1.82, 2.24) is 10.3 Å². The maximum Gasteiger partial charge on any atom is 0.326 e. The minimum atomic E-state index is -1.10. The Morgan fingerprint density at radius 2 is 2.10 bits per heavy atom. The van der Waals surface area contributed by atoms with Crippen molar-refractivity contribution in [1.29, 1.82) is 0 Å². The number of H-pyrrole nitrogens is 1. The Kier molecular flexibility index (Phi) is 5.82. The van der Waals surface area contributed by atoms with Gasteiger partial charge in [-0.15, -0.1) is 0 Å². The summed E-state index contributed by atoms with van der Waals surface area (Å²) in [5.41, 5.74) is 0.638. The Morgan fingerprint density at radius 3 is 2.60 bits per heavy atom. The molecule has 7 heteroatoms. The Balaban J connectivity index is 2.95.